The first-order chi connectivity index (χ1) is 7.20. The fraction of sp³-hybridized carbons (Fsp3) is 0.500. The van der Waals surface area contributed by atoms with Crippen molar-refractivity contribution in [1.29, 1.82) is 0 Å². The number of rotatable bonds is 1. The molecule has 1 N–H and O–H groups in total. The first-order valence-corrected chi connectivity index (χ1v) is 5.76. The quantitative estimate of drug-likeness (QED) is 0.773. The van der Waals surface area contributed by atoms with Crippen LogP contribution in [0.5, 0.6) is 0 Å². The van der Waals surface area contributed by atoms with Gasteiger partial charge in [0.25, 0.3) is 0 Å². The van der Waals surface area contributed by atoms with E-state index in [2.05, 4.69) is 5.32 Å². The van der Waals surface area contributed by atoms with Crippen molar-refractivity contribution in [1.82, 2.24) is 5.32 Å². The number of piperidine rings is 1. The maximum atomic E-state index is 13.6. The minimum Gasteiger partial charge on any atom is -0.310 e. The highest BCUT2D eigenvalue weighted by Gasteiger charge is 2.18. The van der Waals surface area contributed by atoms with E-state index in [-0.39, 0.29) is 10.8 Å². The molecule has 1 fully saturated rings. The van der Waals surface area contributed by atoms with E-state index >= 15 is 0 Å². The van der Waals surface area contributed by atoms with Gasteiger partial charge in [-0.3, -0.25) is 0 Å². The molecule has 3 heteroatoms. The van der Waals surface area contributed by atoms with Crippen molar-refractivity contribution in [2.24, 2.45) is 0 Å². The Bertz CT molecular complexity index is 359. The predicted octanol–water partition coefficient (Wildman–Crippen LogP) is 3.60. The van der Waals surface area contributed by atoms with Crippen LogP contribution in [0.2, 0.25) is 5.02 Å². The topological polar surface area (TPSA) is 12.0 Å². The Kier molecular flexibility index (Phi) is 3.27. The Labute approximate surface area is 94.6 Å². The summed E-state index contributed by atoms with van der Waals surface area (Å²) in [6.45, 7) is 2.82. The van der Waals surface area contributed by atoms with Crippen molar-refractivity contribution in [3.63, 3.8) is 0 Å². The first-order valence-electron chi connectivity index (χ1n) is 5.38. The van der Waals surface area contributed by atoms with Gasteiger partial charge < -0.3 is 5.32 Å². The van der Waals surface area contributed by atoms with E-state index < -0.39 is 0 Å². The molecule has 1 aromatic carbocycles. The molecule has 0 saturated carbocycles. The van der Waals surface area contributed by atoms with Crippen molar-refractivity contribution >= 4 is 11.6 Å². The number of nitrogens with one attached hydrogen (secondary N) is 1. The van der Waals surface area contributed by atoms with Gasteiger partial charge in [-0.1, -0.05) is 24.1 Å². The van der Waals surface area contributed by atoms with Crippen molar-refractivity contribution in [3.8, 4) is 0 Å². The summed E-state index contributed by atoms with van der Waals surface area (Å²) in [6.07, 6.45) is 3.51. The summed E-state index contributed by atoms with van der Waals surface area (Å²) in [5.41, 5.74) is 1.73. The second kappa shape index (κ2) is 4.50. The second-order valence-corrected chi connectivity index (χ2v) is 4.49. The molecule has 2 rings (SSSR count). The molecule has 0 spiro atoms. The van der Waals surface area contributed by atoms with Gasteiger partial charge in [0.2, 0.25) is 0 Å². The van der Waals surface area contributed by atoms with Gasteiger partial charge in [-0.25, -0.2) is 4.39 Å². The SMILES string of the molecule is Cc1c(C2CCCCN2)ccc(Cl)c1F. The molecule has 15 heavy (non-hydrogen) atoms. The molecule has 0 bridgehead atoms. The molecule has 1 saturated heterocycles. The van der Waals surface area contributed by atoms with E-state index in [0.29, 0.717) is 11.6 Å². The van der Waals surface area contributed by atoms with E-state index in [1.54, 1.807) is 13.0 Å². The molecular formula is C12H15ClFN. The van der Waals surface area contributed by atoms with Crippen LogP contribution in [-0.2, 0) is 0 Å². The molecule has 1 atom stereocenters. The van der Waals surface area contributed by atoms with Gasteiger partial charge in [-0.15, -0.1) is 0 Å². The Morgan fingerprint density at radius 3 is 2.87 bits per heavy atom. The summed E-state index contributed by atoms with van der Waals surface area (Å²) in [5.74, 6) is -0.276. The molecule has 0 aromatic heterocycles. The number of hydrogen-bond acceptors (Lipinski definition) is 1. The van der Waals surface area contributed by atoms with Crippen molar-refractivity contribution in [2.75, 3.05) is 6.54 Å². The van der Waals surface area contributed by atoms with Crippen LogP contribution in [0.25, 0.3) is 0 Å². The molecule has 1 unspecified atom stereocenters. The Balaban J connectivity index is 2.31. The highest BCUT2D eigenvalue weighted by Crippen LogP contribution is 2.29. The summed E-state index contributed by atoms with van der Waals surface area (Å²) in [6, 6.07) is 3.88. The summed E-state index contributed by atoms with van der Waals surface area (Å²) < 4.78 is 13.6. The Hall–Kier alpha value is -0.600. The minimum atomic E-state index is -0.276. The van der Waals surface area contributed by atoms with Crippen LogP contribution in [0.4, 0.5) is 4.39 Å². The lowest BCUT2D eigenvalue weighted by atomic mass is 9.94. The van der Waals surface area contributed by atoms with Gasteiger partial charge >= 0.3 is 0 Å². The standard InChI is InChI=1S/C12H15ClFN/c1-8-9(5-6-10(13)12(8)14)11-4-2-3-7-15-11/h5-6,11,15H,2-4,7H2,1H3. The van der Waals surface area contributed by atoms with Crippen LogP contribution >= 0.6 is 11.6 Å². The first kappa shape index (κ1) is 10.9. The molecule has 0 amide bonds. The Morgan fingerprint density at radius 1 is 1.40 bits per heavy atom. The van der Waals surface area contributed by atoms with Crippen LogP contribution < -0.4 is 5.32 Å². The molecule has 82 valence electrons. The van der Waals surface area contributed by atoms with Gasteiger partial charge in [0.15, 0.2) is 0 Å². The fourth-order valence-electron chi connectivity index (χ4n) is 2.16. The van der Waals surface area contributed by atoms with Gasteiger partial charge in [-0.05, 0) is 43.5 Å². The third kappa shape index (κ3) is 2.16. The third-order valence-corrected chi connectivity index (χ3v) is 3.36. The second-order valence-electron chi connectivity index (χ2n) is 4.08. The lowest BCUT2D eigenvalue weighted by molar-refractivity contribution is 0.409. The minimum absolute atomic E-state index is 0.215. The Morgan fingerprint density at radius 2 is 2.20 bits per heavy atom. The zero-order chi connectivity index (χ0) is 10.8. The number of benzene rings is 1. The van der Waals surface area contributed by atoms with E-state index in [1.165, 1.54) is 12.8 Å². The summed E-state index contributed by atoms with van der Waals surface area (Å²) in [7, 11) is 0. The van der Waals surface area contributed by atoms with E-state index in [9.17, 15) is 4.39 Å². The summed E-state index contributed by atoms with van der Waals surface area (Å²) >= 11 is 5.73. The van der Waals surface area contributed by atoms with Crippen LogP contribution in [0.1, 0.15) is 36.4 Å². The van der Waals surface area contributed by atoms with Crippen molar-refractivity contribution in [2.45, 2.75) is 32.2 Å². The van der Waals surface area contributed by atoms with Gasteiger partial charge in [0.1, 0.15) is 5.82 Å². The maximum Gasteiger partial charge on any atom is 0.145 e. The summed E-state index contributed by atoms with van der Waals surface area (Å²) in [4.78, 5) is 0. The predicted molar refractivity (Wildman–Crippen MR) is 60.7 cm³/mol. The normalized spacial score (nSPS) is 21.7. The third-order valence-electron chi connectivity index (χ3n) is 3.07. The molecular weight excluding hydrogens is 213 g/mol. The smallest absolute Gasteiger partial charge is 0.145 e. The largest absolute Gasteiger partial charge is 0.310 e. The zero-order valence-electron chi connectivity index (χ0n) is 8.82. The van der Waals surface area contributed by atoms with Crippen LogP contribution in [0.3, 0.4) is 0 Å². The van der Waals surface area contributed by atoms with Crippen LogP contribution in [0.15, 0.2) is 12.1 Å². The van der Waals surface area contributed by atoms with Crippen LogP contribution in [0, 0.1) is 12.7 Å². The molecule has 0 radical (unpaired) electrons. The monoisotopic (exact) mass is 227 g/mol. The highest BCUT2D eigenvalue weighted by atomic mass is 35.5. The van der Waals surface area contributed by atoms with Crippen molar-refractivity contribution < 1.29 is 4.39 Å². The van der Waals surface area contributed by atoms with E-state index in [0.717, 1.165) is 18.5 Å². The lowest BCUT2D eigenvalue weighted by Crippen LogP contribution is -2.27. The van der Waals surface area contributed by atoms with Gasteiger partial charge in [-0.2, -0.15) is 0 Å². The molecule has 1 aliphatic heterocycles. The average molecular weight is 228 g/mol. The average Bonchev–Trinajstić information content (AvgIpc) is 2.27. The fourth-order valence-corrected chi connectivity index (χ4v) is 2.37. The summed E-state index contributed by atoms with van der Waals surface area (Å²) in [5, 5.41) is 3.63. The maximum absolute atomic E-state index is 13.6. The molecule has 1 nitrogen and oxygen atoms in total. The molecule has 0 aliphatic carbocycles. The number of hydrogen-bond donors (Lipinski definition) is 1. The van der Waals surface area contributed by atoms with E-state index in [4.69, 9.17) is 11.6 Å². The zero-order valence-corrected chi connectivity index (χ0v) is 9.57. The highest BCUT2D eigenvalue weighted by molar-refractivity contribution is 6.30. The lowest BCUT2D eigenvalue weighted by Gasteiger charge is -2.25. The molecule has 1 aromatic rings. The van der Waals surface area contributed by atoms with Gasteiger partial charge in [0.05, 0.1) is 5.02 Å². The van der Waals surface area contributed by atoms with E-state index in [1.807, 2.05) is 6.07 Å². The van der Waals surface area contributed by atoms with Crippen LogP contribution in [-0.4, -0.2) is 6.54 Å². The molecule has 1 aliphatic rings. The molecule has 1 heterocycles. The number of halogens is 2. The van der Waals surface area contributed by atoms with Crippen molar-refractivity contribution in [3.05, 3.63) is 34.1 Å². The van der Waals surface area contributed by atoms with Gasteiger partial charge in [0, 0.05) is 6.04 Å².